The maximum Gasteiger partial charge on any atom is 0.223 e. The molecule has 0 bridgehead atoms. The highest BCUT2D eigenvalue weighted by Crippen LogP contribution is 2.58. The van der Waals surface area contributed by atoms with Crippen LogP contribution in [0.2, 0.25) is 0 Å². The smallest absolute Gasteiger partial charge is 0.223 e. The molecule has 1 aromatic carbocycles. The molecule has 1 aromatic rings. The highest BCUT2D eigenvalue weighted by molar-refractivity contribution is 5.85. The number of hydrogen-bond donors (Lipinski definition) is 2. The molecule has 2 N–H and O–H groups in total. The van der Waals surface area contributed by atoms with Gasteiger partial charge in [0.25, 0.3) is 0 Å². The van der Waals surface area contributed by atoms with E-state index in [1.807, 2.05) is 6.07 Å². The summed E-state index contributed by atoms with van der Waals surface area (Å²) in [5.74, 6) is 0.0438. The largest absolute Gasteiger partial charge is 0.352 e. The Bertz CT molecular complexity index is 489. The summed E-state index contributed by atoms with van der Waals surface area (Å²) in [4.78, 5) is 12.1. The summed E-state index contributed by atoms with van der Waals surface area (Å²) < 4.78 is 13.0. The highest BCUT2D eigenvalue weighted by atomic mass is 35.5. The average molecular weight is 299 g/mol. The zero-order valence-electron chi connectivity index (χ0n) is 11.3. The number of halogens is 2. The van der Waals surface area contributed by atoms with Gasteiger partial charge in [0.15, 0.2) is 0 Å². The molecule has 0 radical (unpaired) electrons. The second-order valence-corrected chi connectivity index (χ2v) is 5.72. The van der Waals surface area contributed by atoms with Crippen molar-refractivity contribution >= 4 is 18.3 Å². The predicted molar refractivity (Wildman–Crippen MR) is 78.1 cm³/mol. The fourth-order valence-corrected chi connectivity index (χ4v) is 3.15. The van der Waals surface area contributed by atoms with Gasteiger partial charge in [-0.15, -0.1) is 12.4 Å². The normalized spacial score (nSPS) is 22.9. The third-order valence-electron chi connectivity index (χ3n) is 4.46. The second kappa shape index (κ2) is 6.10. The standard InChI is InChI=1S/C15H19FN2O.ClH/c16-12-3-1-2-11(8-12)10-18-14(19)13-9-15(13)4-6-17-7-5-15;/h1-3,8,13,17H,4-7,9-10H2,(H,18,19);1H. The van der Waals surface area contributed by atoms with Gasteiger partial charge in [-0.1, -0.05) is 12.1 Å². The molecule has 1 unspecified atom stereocenters. The number of carbonyl (C=O) groups is 1. The lowest BCUT2D eigenvalue weighted by Gasteiger charge is -2.23. The van der Waals surface area contributed by atoms with E-state index in [4.69, 9.17) is 0 Å². The van der Waals surface area contributed by atoms with Crippen molar-refractivity contribution in [2.24, 2.45) is 11.3 Å². The first kappa shape index (κ1) is 15.3. The van der Waals surface area contributed by atoms with Crippen LogP contribution in [0, 0.1) is 17.2 Å². The fraction of sp³-hybridized carbons (Fsp3) is 0.533. The van der Waals surface area contributed by atoms with E-state index in [2.05, 4.69) is 10.6 Å². The quantitative estimate of drug-likeness (QED) is 0.899. The minimum atomic E-state index is -0.256. The predicted octanol–water partition coefficient (Wildman–Crippen LogP) is 2.25. The van der Waals surface area contributed by atoms with E-state index in [0.717, 1.165) is 37.9 Å². The van der Waals surface area contributed by atoms with Crippen molar-refractivity contribution in [2.75, 3.05) is 13.1 Å². The molecule has 1 atom stereocenters. The Morgan fingerprint density at radius 1 is 1.40 bits per heavy atom. The maximum absolute atomic E-state index is 13.0. The molecule has 1 aliphatic carbocycles. The Labute approximate surface area is 124 Å². The van der Waals surface area contributed by atoms with Crippen molar-refractivity contribution in [3.05, 3.63) is 35.6 Å². The Balaban J connectivity index is 0.00000147. The SMILES string of the molecule is Cl.O=C(NCc1cccc(F)c1)C1CC12CCNCC2. The van der Waals surface area contributed by atoms with Crippen LogP contribution in [0.1, 0.15) is 24.8 Å². The van der Waals surface area contributed by atoms with E-state index in [-0.39, 0.29) is 35.5 Å². The third kappa shape index (κ3) is 3.13. The number of carbonyl (C=O) groups excluding carboxylic acids is 1. The minimum absolute atomic E-state index is 0. The first-order valence-electron chi connectivity index (χ1n) is 6.92. The molecule has 5 heteroatoms. The molecule has 1 spiro atoms. The number of piperidine rings is 1. The molecule has 1 saturated heterocycles. The number of hydrogen-bond acceptors (Lipinski definition) is 2. The Morgan fingerprint density at radius 2 is 2.15 bits per heavy atom. The summed E-state index contributed by atoms with van der Waals surface area (Å²) >= 11 is 0. The van der Waals surface area contributed by atoms with Gasteiger partial charge in [-0.2, -0.15) is 0 Å². The van der Waals surface area contributed by atoms with E-state index in [1.165, 1.54) is 12.1 Å². The summed E-state index contributed by atoms with van der Waals surface area (Å²) in [7, 11) is 0. The maximum atomic E-state index is 13.0. The van der Waals surface area contributed by atoms with Crippen molar-refractivity contribution < 1.29 is 9.18 Å². The number of benzene rings is 1. The average Bonchev–Trinajstić information content (AvgIpc) is 3.10. The molecule has 3 rings (SSSR count). The van der Waals surface area contributed by atoms with E-state index >= 15 is 0 Å². The number of rotatable bonds is 3. The number of nitrogens with one attached hydrogen (secondary N) is 2. The van der Waals surface area contributed by atoms with E-state index < -0.39 is 0 Å². The molecular weight excluding hydrogens is 279 g/mol. The monoisotopic (exact) mass is 298 g/mol. The van der Waals surface area contributed by atoms with Crippen LogP contribution in [0.5, 0.6) is 0 Å². The molecule has 1 amide bonds. The molecule has 1 heterocycles. The molecule has 1 aliphatic heterocycles. The van der Waals surface area contributed by atoms with Crippen molar-refractivity contribution in [3.63, 3.8) is 0 Å². The van der Waals surface area contributed by atoms with Crippen LogP contribution in [-0.2, 0) is 11.3 Å². The van der Waals surface area contributed by atoms with Gasteiger partial charge in [0, 0.05) is 12.5 Å². The van der Waals surface area contributed by atoms with E-state index in [9.17, 15) is 9.18 Å². The summed E-state index contributed by atoms with van der Waals surface area (Å²) in [6, 6.07) is 6.38. The van der Waals surface area contributed by atoms with Crippen LogP contribution in [0.4, 0.5) is 4.39 Å². The van der Waals surface area contributed by atoms with E-state index in [0.29, 0.717) is 6.54 Å². The summed E-state index contributed by atoms with van der Waals surface area (Å²) in [5.41, 5.74) is 1.07. The van der Waals surface area contributed by atoms with Gasteiger partial charge in [-0.25, -0.2) is 4.39 Å². The lowest BCUT2D eigenvalue weighted by atomic mass is 9.92. The summed E-state index contributed by atoms with van der Waals surface area (Å²) in [6.07, 6.45) is 3.22. The topological polar surface area (TPSA) is 41.1 Å². The van der Waals surface area contributed by atoms with Crippen LogP contribution < -0.4 is 10.6 Å². The Morgan fingerprint density at radius 3 is 2.85 bits per heavy atom. The molecule has 2 fully saturated rings. The first-order chi connectivity index (χ1) is 9.20. The molecule has 2 aliphatic rings. The molecular formula is C15H20ClFN2O. The third-order valence-corrected chi connectivity index (χ3v) is 4.46. The van der Waals surface area contributed by atoms with Gasteiger partial charge in [0.1, 0.15) is 5.82 Å². The van der Waals surface area contributed by atoms with Crippen LogP contribution >= 0.6 is 12.4 Å². The van der Waals surface area contributed by atoms with Gasteiger partial charge in [0.05, 0.1) is 0 Å². The van der Waals surface area contributed by atoms with Crippen LogP contribution in [-0.4, -0.2) is 19.0 Å². The fourth-order valence-electron chi connectivity index (χ4n) is 3.15. The van der Waals surface area contributed by atoms with Gasteiger partial charge in [-0.3, -0.25) is 4.79 Å². The first-order valence-corrected chi connectivity index (χ1v) is 6.92. The Hall–Kier alpha value is -1.13. The zero-order chi connectivity index (χ0) is 13.3. The van der Waals surface area contributed by atoms with Crippen molar-refractivity contribution in [1.29, 1.82) is 0 Å². The molecule has 3 nitrogen and oxygen atoms in total. The Kier molecular flexibility index (Phi) is 4.66. The highest BCUT2D eigenvalue weighted by Gasteiger charge is 2.57. The van der Waals surface area contributed by atoms with Crippen molar-refractivity contribution in [1.82, 2.24) is 10.6 Å². The lowest BCUT2D eigenvalue weighted by molar-refractivity contribution is -0.123. The van der Waals surface area contributed by atoms with Gasteiger partial charge >= 0.3 is 0 Å². The second-order valence-electron chi connectivity index (χ2n) is 5.72. The van der Waals surface area contributed by atoms with Gasteiger partial charge < -0.3 is 10.6 Å². The summed E-state index contributed by atoms with van der Waals surface area (Å²) in [5, 5.41) is 6.26. The summed E-state index contributed by atoms with van der Waals surface area (Å²) in [6.45, 7) is 2.46. The van der Waals surface area contributed by atoms with Crippen LogP contribution in [0.3, 0.4) is 0 Å². The van der Waals surface area contributed by atoms with E-state index in [1.54, 1.807) is 6.07 Å². The molecule has 1 saturated carbocycles. The van der Waals surface area contributed by atoms with Crippen molar-refractivity contribution in [3.8, 4) is 0 Å². The van der Waals surface area contributed by atoms with Crippen molar-refractivity contribution in [2.45, 2.75) is 25.8 Å². The van der Waals surface area contributed by atoms with Crippen LogP contribution in [0.15, 0.2) is 24.3 Å². The molecule has 0 aromatic heterocycles. The number of amides is 1. The van der Waals surface area contributed by atoms with Gasteiger partial charge in [-0.05, 0) is 55.5 Å². The zero-order valence-corrected chi connectivity index (χ0v) is 12.1. The molecule has 110 valence electrons. The molecule has 20 heavy (non-hydrogen) atoms. The van der Waals surface area contributed by atoms with Gasteiger partial charge in [0.2, 0.25) is 5.91 Å². The lowest BCUT2D eigenvalue weighted by Crippen LogP contribution is -2.33. The minimum Gasteiger partial charge on any atom is -0.352 e. The van der Waals surface area contributed by atoms with Crippen LogP contribution in [0.25, 0.3) is 0 Å².